The number of aliphatic carboxylic acids is 1. The van der Waals surface area contributed by atoms with Gasteiger partial charge in [-0.2, -0.15) is 11.8 Å². The van der Waals surface area contributed by atoms with Crippen LogP contribution in [0.5, 0.6) is 0 Å². The molecule has 0 bridgehead atoms. The molecule has 2 aromatic rings. The Balaban J connectivity index is 2.18. The van der Waals surface area contributed by atoms with E-state index in [-0.39, 0.29) is 19.3 Å². The molecular weight excluding hydrogens is 668 g/mol. The standard InChI is InChI=1S/C33H52N8O8S/c1-18(2)28(41-26(43)17-37-29(44)23(11-7-8-13-34)38-31(46)27(35)19(3)42)32(47)40-25(30(45)39-24(33(48)49)12-14-50-4)15-20-16-36-22-10-6-5-9-21(20)22/h5-6,9-10,16,18-19,23-25,27-28,36,42H,7-8,11-15,17,34-35H2,1-4H3,(H,37,44)(H,38,46)(H,39,45)(H,40,47)(H,41,43)(H,48,49)/t19-,23+,24+,25+,27+,28+/m1/s1. The first-order chi connectivity index (χ1) is 23.7. The minimum atomic E-state index is -1.26. The summed E-state index contributed by atoms with van der Waals surface area (Å²) in [5.74, 6) is -4.66. The highest BCUT2D eigenvalue weighted by molar-refractivity contribution is 7.98. The molecule has 5 amide bonds. The zero-order chi connectivity index (χ0) is 37.4. The number of H-pyrrole nitrogens is 1. The number of benzene rings is 1. The van der Waals surface area contributed by atoms with Crippen LogP contribution in [0.4, 0.5) is 0 Å². The fraction of sp³-hybridized carbons (Fsp3) is 0.576. The Bertz CT molecular complexity index is 1450. The Labute approximate surface area is 296 Å². The lowest BCUT2D eigenvalue weighted by molar-refractivity contribution is -0.142. The number of fused-ring (bicyclic) bond motifs is 1. The Kier molecular flexibility index (Phi) is 17.7. The summed E-state index contributed by atoms with van der Waals surface area (Å²) < 4.78 is 0. The number of thioether (sulfide) groups is 1. The molecule has 0 spiro atoms. The molecule has 1 heterocycles. The van der Waals surface area contributed by atoms with Gasteiger partial charge in [0, 0.05) is 23.5 Å². The maximum Gasteiger partial charge on any atom is 0.326 e. The van der Waals surface area contributed by atoms with E-state index in [0.29, 0.717) is 30.7 Å². The fourth-order valence-corrected chi connectivity index (χ4v) is 5.53. The molecule has 0 radical (unpaired) electrons. The van der Waals surface area contributed by atoms with Crippen LogP contribution < -0.4 is 38.1 Å². The second kappa shape index (κ2) is 21.1. The number of nitrogens with one attached hydrogen (secondary N) is 6. The highest BCUT2D eigenvalue weighted by atomic mass is 32.2. The van der Waals surface area contributed by atoms with Crippen molar-refractivity contribution in [3.8, 4) is 0 Å². The minimum Gasteiger partial charge on any atom is -0.480 e. The molecule has 0 aliphatic carbocycles. The molecule has 278 valence electrons. The Morgan fingerprint density at radius 3 is 2.14 bits per heavy atom. The van der Waals surface area contributed by atoms with Gasteiger partial charge >= 0.3 is 5.97 Å². The van der Waals surface area contributed by atoms with Crippen LogP contribution in [-0.4, -0.2) is 112 Å². The summed E-state index contributed by atoms with van der Waals surface area (Å²) in [6.45, 7) is 4.56. The van der Waals surface area contributed by atoms with E-state index in [1.807, 2.05) is 30.5 Å². The number of para-hydroxylation sites is 1. The number of aliphatic hydroxyl groups excluding tert-OH is 1. The maximum absolute atomic E-state index is 13.6. The first-order valence-electron chi connectivity index (χ1n) is 16.6. The molecule has 1 aromatic heterocycles. The average Bonchev–Trinajstić information content (AvgIpc) is 3.48. The number of aliphatic hydroxyl groups is 1. The van der Waals surface area contributed by atoms with Gasteiger partial charge in [0.15, 0.2) is 0 Å². The molecule has 2 rings (SSSR count). The van der Waals surface area contributed by atoms with Gasteiger partial charge in [0.1, 0.15) is 30.2 Å². The van der Waals surface area contributed by atoms with Crippen LogP contribution in [0.1, 0.15) is 52.0 Å². The topological polar surface area (TPSA) is 271 Å². The van der Waals surface area contributed by atoms with Crippen LogP contribution in [-0.2, 0) is 35.2 Å². The summed E-state index contributed by atoms with van der Waals surface area (Å²) in [4.78, 5) is 80.6. The minimum absolute atomic E-state index is 0.0290. The molecule has 17 heteroatoms. The lowest BCUT2D eigenvalue weighted by Crippen LogP contribution is -2.58. The Morgan fingerprint density at radius 2 is 1.52 bits per heavy atom. The van der Waals surface area contributed by atoms with Crippen molar-refractivity contribution in [2.75, 3.05) is 25.1 Å². The normalized spacial score (nSPS) is 14.9. The van der Waals surface area contributed by atoms with Gasteiger partial charge in [-0.25, -0.2) is 4.79 Å². The number of aromatic amines is 1. The molecular formula is C33H52N8O8S. The molecule has 0 fully saturated rings. The van der Waals surface area contributed by atoms with Crippen LogP contribution in [0.2, 0.25) is 0 Å². The van der Waals surface area contributed by atoms with Crippen LogP contribution >= 0.6 is 11.8 Å². The summed E-state index contributed by atoms with van der Waals surface area (Å²) in [5, 5.41) is 33.0. The average molecular weight is 721 g/mol. The Morgan fingerprint density at radius 1 is 0.860 bits per heavy atom. The first kappa shape index (κ1) is 42.0. The van der Waals surface area contributed by atoms with E-state index in [0.717, 1.165) is 10.9 Å². The quantitative estimate of drug-likeness (QED) is 0.0666. The van der Waals surface area contributed by atoms with Crippen molar-refractivity contribution in [1.29, 1.82) is 0 Å². The van der Waals surface area contributed by atoms with E-state index in [2.05, 4.69) is 31.6 Å². The first-order valence-corrected chi connectivity index (χ1v) is 18.0. The maximum atomic E-state index is 13.6. The van der Waals surface area contributed by atoms with Crippen LogP contribution in [0.3, 0.4) is 0 Å². The number of carboxylic acids is 1. The predicted molar refractivity (Wildman–Crippen MR) is 191 cm³/mol. The lowest BCUT2D eigenvalue weighted by Gasteiger charge is -2.26. The molecule has 6 atom stereocenters. The van der Waals surface area contributed by atoms with Crippen molar-refractivity contribution in [3.05, 3.63) is 36.0 Å². The third kappa shape index (κ3) is 13.3. The Hall–Kier alpha value is -4.19. The second-order valence-corrected chi connectivity index (χ2v) is 13.4. The van der Waals surface area contributed by atoms with Crippen LogP contribution in [0, 0.1) is 5.92 Å². The predicted octanol–water partition coefficient (Wildman–Crippen LogP) is -0.903. The van der Waals surface area contributed by atoms with Gasteiger partial charge in [0.05, 0.1) is 12.6 Å². The van der Waals surface area contributed by atoms with Gasteiger partial charge in [-0.15, -0.1) is 0 Å². The van der Waals surface area contributed by atoms with E-state index in [1.165, 1.54) is 18.7 Å². The van der Waals surface area contributed by atoms with Crippen molar-refractivity contribution in [1.82, 2.24) is 31.6 Å². The fourth-order valence-electron chi connectivity index (χ4n) is 5.06. The van der Waals surface area contributed by atoms with Crippen molar-refractivity contribution in [2.24, 2.45) is 17.4 Å². The molecule has 12 N–H and O–H groups in total. The third-order valence-electron chi connectivity index (χ3n) is 8.05. The number of hydrogen-bond donors (Lipinski definition) is 10. The molecule has 0 saturated heterocycles. The summed E-state index contributed by atoms with van der Waals surface area (Å²) in [5.41, 5.74) is 12.8. The largest absolute Gasteiger partial charge is 0.480 e. The highest BCUT2D eigenvalue weighted by Crippen LogP contribution is 2.19. The number of aromatic nitrogens is 1. The molecule has 50 heavy (non-hydrogen) atoms. The molecule has 0 aliphatic heterocycles. The summed E-state index contributed by atoms with van der Waals surface area (Å²) >= 11 is 1.44. The summed E-state index contributed by atoms with van der Waals surface area (Å²) in [6.07, 6.45) is 3.88. The lowest BCUT2D eigenvalue weighted by atomic mass is 10.0. The van der Waals surface area contributed by atoms with Crippen molar-refractivity contribution in [2.45, 2.75) is 89.2 Å². The highest BCUT2D eigenvalue weighted by Gasteiger charge is 2.32. The monoisotopic (exact) mass is 720 g/mol. The molecule has 0 saturated carbocycles. The SMILES string of the molecule is CSCC[C@H](NC(=O)[C@H](Cc1c[nH]c2ccccc12)NC(=O)[C@@H](NC(=O)CNC(=O)[C@H](CCCCN)NC(=O)[C@@H](N)[C@@H](C)O)C(C)C)C(=O)O. The third-order valence-corrected chi connectivity index (χ3v) is 8.69. The summed E-state index contributed by atoms with van der Waals surface area (Å²) in [7, 11) is 0. The summed E-state index contributed by atoms with van der Waals surface area (Å²) in [6, 6.07) is 1.59. The van der Waals surface area contributed by atoms with E-state index in [4.69, 9.17) is 11.5 Å². The zero-order valence-corrected chi connectivity index (χ0v) is 29.8. The number of nitrogens with two attached hydrogens (primary N) is 2. The zero-order valence-electron chi connectivity index (χ0n) is 29.0. The number of rotatable bonds is 22. The number of unbranched alkanes of at least 4 members (excludes halogenated alkanes) is 1. The number of carbonyl (C=O) groups is 6. The van der Waals surface area contributed by atoms with Gasteiger partial charge < -0.3 is 53.2 Å². The molecule has 1 aromatic carbocycles. The van der Waals surface area contributed by atoms with Gasteiger partial charge in [-0.3, -0.25) is 24.0 Å². The molecule has 0 aliphatic rings. The van der Waals surface area contributed by atoms with Gasteiger partial charge in [0.25, 0.3) is 0 Å². The number of amides is 5. The van der Waals surface area contributed by atoms with Crippen molar-refractivity contribution < 1.29 is 39.0 Å². The van der Waals surface area contributed by atoms with E-state index in [9.17, 15) is 39.0 Å². The van der Waals surface area contributed by atoms with E-state index < -0.39 is 84.3 Å². The van der Waals surface area contributed by atoms with Gasteiger partial charge in [0.2, 0.25) is 29.5 Å². The number of carboxylic acid groups (broad SMARTS) is 1. The van der Waals surface area contributed by atoms with E-state index >= 15 is 0 Å². The molecule has 0 unspecified atom stereocenters. The van der Waals surface area contributed by atoms with E-state index in [1.54, 1.807) is 20.0 Å². The van der Waals surface area contributed by atoms with Crippen LogP contribution in [0.25, 0.3) is 10.9 Å². The van der Waals surface area contributed by atoms with Crippen molar-refractivity contribution in [3.63, 3.8) is 0 Å². The second-order valence-electron chi connectivity index (χ2n) is 12.4. The van der Waals surface area contributed by atoms with Gasteiger partial charge in [-0.1, -0.05) is 32.0 Å². The molecule has 16 nitrogen and oxygen atoms in total. The smallest absolute Gasteiger partial charge is 0.326 e. The number of carbonyl (C=O) groups excluding carboxylic acids is 5. The number of hydrogen-bond acceptors (Lipinski definition) is 10. The van der Waals surface area contributed by atoms with Crippen molar-refractivity contribution >= 4 is 58.2 Å². The van der Waals surface area contributed by atoms with Gasteiger partial charge in [-0.05, 0) is 68.7 Å². The van der Waals surface area contributed by atoms with Crippen LogP contribution in [0.15, 0.2) is 30.5 Å².